The molecule has 0 saturated carbocycles. The molecule has 1 saturated heterocycles. The Morgan fingerprint density at radius 2 is 1.47 bits per heavy atom. The number of ether oxygens (including phenoxy) is 6. The van der Waals surface area contributed by atoms with E-state index in [1.165, 1.54) is 7.11 Å². The second-order valence-electron chi connectivity index (χ2n) is 7.68. The Bertz CT molecular complexity index is 969. The molecule has 3 atom stereocenters. The first-order valence-corrected chi connectivity index (χ1v) is 9.92. The normalized spacial score (nSPS) is 21.7. The Kier molecular flexibility index (Phi) is 5.32. The lowest BCUT2D eigenvalue weighted by molar-refractivity contribution is 0.0936. The molecule has 2 aliphatic rings. The Balaban J connectivity index is 2.16. The molecule has 1 aliphatic heterocycles. The quantitative estimate of drug-likeness (QED) is 0.790. The number of hydrogen-bond acceptors (Lipinski definition) is 7. The summed E-state index contributed by atoms with van der Waals surface area (Å²) in [5.74, 6) is 2.84. The van der Waals surface area contributed by atoms with Crippen molar-refractivity contribution >= 4 is 0 Å². The van der Waals surface area contributed by atoms with Gasteiger partial charge in [-0.15, -0.1) is 0 Å². The average molecular weight is 416 g/mol. The van der Waals surface area contributed by atoms with Crippen LogP contribution in [0.15, 0.2) is 12.1 Å². The smallest absolute Gasteiger partial charge is 0.203 e. The van der Waals surface area contributed by atoms with Crippen molar-refractivity contribution in [2.45, 2.75) is 19.4 Å². The SMILES string of the molecule is COc1cc2c(c(O)c1OC)-c1c(cc(OC)c(OC)c1OC)C1OCC(C2)C1C. The third kappa shape index (κ3) is 2.83. The number of phenolic OH excluding ortho intramolecular Hbond substituents is 1. The highest BCUT2D eigenvalue weighted by molar-refractivity contribution is 5.88. The van der Waals surface area contributed by atoms with Crippen LogP contribution in [0.1, 0.15) is 24.2 Å². The van der Waals surface area contributed by atoms with E-state index in [2.05, 4.69) is 6.92 Å². The lowest BCUT2D eigenvalue weighted by Crippen LogP contribution is -2.18. The van der Waals surface area contributed by atoms with Gasteiger partial charge in [0, 0.05) is 11.1 Å². The molecule has 162 valence electrons. The molecule has 0 amide bonds. The molecule has 7 heteroatoms. The van der Waals surface area contributed by atoms with E-state index >= 15 is 0 Å². The van der Waals surface area contributed by atoms with Crippen molar-refractivity contribution in [3.8, 4) is 45.6 Å². The zero-order valence-electron chi connectivity index (χ0n) is 18.2. The van der Waals surface area contributed by atoms with E-state index in [9.17, 15) is 5.11 Å². The summed E-state index contributed by atoms with van der Waals surface area (Å²) in [5, 5.41) is 11.3. The Labute approximate surface area is 176 Å². The van der Waals surface area contributed by atoms with Gasteiger partial charge in [-0.05, 0) is 41.5 Å². The van der Waals surface area contributed by atoms with E-state index in [1.807, 2.05) is 12.1 Å². The van der Waals surface area contributed by atoms with Gasteiger partial charge in [-0.2, -0.15) is 0 Å². The van der Waals surface area contributed by atoms with E-state index in [1.54, 1.807) is 28.4 Å². The Morgan fingerprint density at radius 3 is 2.07 bits per heavy atom. The molecule has 1 N–H and O–H groups in total. The van der Waals surface area contributed by atoms with Crippen molar-refractivity contribution in [3.05, 3.63) is 23.3 Å². The van der Waals surface area contributed by atoms with Gasteiger partial charge in [-0.25, -0.2) is 0 Å². The molecule has 0 spiro atoms. The molecule has 1 fully saturated rings. The lowest BCUT2D eigenvalue weighted by atomic mass is 9.77. The maximum absolute atomic E-state index is 11.3. The molecule has 2 bridgehead atoms. The lowest BCUT2D eigenvalue weighted by Gasteiger charge is -2.30. The van der Waals surface area contributed by atoms with Crippen LogP contribution in [0.3, 0.4) is 0 Å². The molecule has 0 radical (unpaired) electrons. The number of benzene rings is 2. The molecule has 30 heavy (non-hydrogen) atoms. The maximum atomic E-state index is 11.3. The predicted molar refractivity (Wildman–Crippen MR) is 111 cm³/mol. The van der Waals surface area contributed by atoms with Gasteiger partial charge in [0.1, 0.15) is 0 Å². The summed E-state index contributed by atoms with van der Waals surface area (Å²) in [5.41, 5.74) is 3.20. The van der Waals surface area contributed by atoms with Crippen LogP contribution < -0.4 is 23.7 Å². The fourth-order valence-corrected chi connectivity index (χ4v) is 4.80. The summed E-state index contributed by atoms with van der Waals surface area (Å²) < 4.78 is 34.2. The molecule has 2 aromatic rings. The maximum Gasteiger partial charge on any atom is 0.203 e. The number of phenols is 1. The third-order valence-corrected chi connectivity index (χ3v) is 6.34. The van der Waals surface area contributed by atoms with Crippen LogP contribution >= 0.6 is 0 Å². The second kappa shape index (κ2) is 7.80. The first kappa shape index (κ1) is 20.5. The number of rotatable bonds is 5. The minimum Gasteiger partial charge on any atom is -0.504 e. The fraction of sp³-hybridized carbons (Fsp3) is 0.478. The standard InChI is InChI=1S/C23H28O7/c1-11-13-7-12-8-15(25-2)21(27-4)19(24)17(12)18-14(20(11)30-10-13)9-16(26-3)22(28-5)23(18)29-6/h8-9,11,13,20,24H,7,10H2,1-6H3. The van der Waals surface area contributed by atoms with Crippen LogP contribution in [-0.2, 0) is 11.2 Å². The zero-order valence-corrected chi connectivity index (χ0v) is 18.2. The van der Waals surface area contributed by atoms with Crippen LogP contribution in [0.2, 0.25) is 0 Å². The topological polar surface area (TPSA) is 75.6 Å². The minimum absolute atomic E-state index is 0.00701. The van der Waals surface area contributed by atoms with Gasteiger partial charge >= 0.3 is 0 Å². The highest BCUT2D eigenvalue weighted by Gasteiger charge is 2.42. The largest absolute Gasteiger partial charge is 0.504 e. The van der Waals surface area contributed by atoms with Crippen LogP contribution in [0, 0.1) is 11.8 Å². The molecule has 2 aromatic carbocycles. The molecule has 1 heterocycles. The summed E-state index contributed by atoms with van der Waals surface area (Å²) in [4.78, 5) is 0. The van der Waals surface area contributed by atoms with Crippen molar-refractivity contribution < 1.29 is 33.5 Å². The number of methoxy groups -OCH3 is 5. The van der Waals surface area contributed by atoms with E-state index in [0.717, 1.165) is 23.1 Å². The van der Waals surface area contributed by atoms with Gasteiger partial charge in [-0.1, -0.05) is 6.92 Å². The van der Waals surface area contributed by atoms with Gasteiger partial charge in [0.15, 0.2) is 23.0 Å². The van der Waals surface area contributed by atoms with Gasteiger partial charge < -0.3 is 33.5 Å². The zero-order chi connectivity index (χ0) is 21.6. The highest BCUT2D eigenvalue weighted by atomic mass is 16.5. The molecule has 0 aromatic heterocycles. The Hall–Kier alpha value is -2.80. The van der Waals surface area contributed by atoms with Crippen molar-refractivity contribution in [2.24, 2.45) is 11.8 Å². The Morgan fingerprint density at radius 1 is 0.833 bits per heavy atom. The third-order valence-electron chi connectivity index (χ3n) is 6.34. The highest BCUT2D eigenvalue weighted by Crippen LogP contribution is 2.58. The molecular formula is C23H28O7. The summed E-state index contributed by atoms with van der Waals surface area (Å²) >= 11 is 0. The van der Waals surface area contributed by atoms with Gasteiger partial charge in [0.05, 0.1) is 48.3 Å². The van der Waals surface area contributed by atoms with E-state index < -0.39 is 0 Å². The summed E-state index contributed by atoms with van der Waals surface area (Å²) in [6.07, 6.45) is 0.581. The van der Waals surface area contributed by atoms with Gasteiger partial charge in [0.2, 0.25) is 11.5 Å². The fourth-order valence-electron chi connectivity index (χ4n) is 4.80. The molecule has 4 rings (SSSR count). The van der Waals surface area contributed by atoms with Crippen molar-refractivity contribution in [1.29, 1.82) is 0 Å². The first-order chi connectivity index (χ1) is 14.5. The van der Waals surface area contributed by atoms with Crippen LogP contribution in [-0.4, -0.2) is 47.3 Å². The predicted octanol–water partition coefficient (Wildman–Crippen LogP) is 3.98. The van der Waals surface area contributed by atoms with Crippen LogP contribution in [0.4, 0.5) is 0 Å². The van der Waals surface area contributed by atoms with Crippen molar-refractivity contribution in [2.75, 3.05) is 42.2 Å². The monoisotopic (exact) mass is 416 g/mol. The van der Waals surface area contributed by atoms with Crippen LogP contribution in [0.5, 0.6) is 34.5 Å². The summed E-state index contributed by atoms with van der Waals surface area (Å²) in [6.45, 7) is 2.83. The van der Waals surface area contributed by atoms with Crippen LogP contribution in [0.25, 0.3) is 11.1 Å². The molecular weight excluding hydrogens is 388 g/mol. The average Bonchev–Trinajstić information content (AvgIpc) is 3.14. The van der Waals surface area contributed by atoms with E-state index in [4.69, 9.17) is 28.4 Å². The van der Waals surface area contributed by atoms with E-state index in [-0.39, 0.29) is 23.5 Å². The molecule has 1 aliphatic carbocycles. The van der Waals surface area contributed by atoms with Crippen molar-refractivity contribution in [1.82, 2.24) is 0 Å². The van der Waals surface area contributed by atoms with Gasteiger partial charge in [0.25, 0.3) is 0 Å². The number of fused-ring (bicyclic) bond motifs is 6. The molecule has 7 nitrogen and oxygen atoms in total. The number of hydrogen-bond donors (Lipinski definition) is 1. The first-order valence-electron chi connectivity index (χ1n) is 9.92. The second-order valence-corrected chi connectivity index (χ2v) is 7.68. The van der Waals surface area contributed by atoms with Crippen molar-refractivity contribution in [3.63, 3.8) is 0 Å². The van der Waals surface area contributed by atoms with Gasteiger partial charge in [-0.3, -0.25) is 0 Å². The minimum atomic E-state index is -0.153. The summed E-state index contributed by atoms with van der Waals surface area (Å²) in [7, 11) is 7.81. The molecule has 3 unspecified atom stereocenters. The van der Waals surface area contributed by atoms with E-state index in [0.29, 0.717) is 41.1 Å². The summed E-state index contributed by atoms with van der Waals surface area (Å²) in [6, 6.07) is 3.85. The number of aromatic hydroxyl groups is 1.